The zero-order valence-corrected chi connectivity index (χ0v) is 18.1. The number of carbonyl (C=O) groups excluding carboxylic acids is 1. The smallest absolute Gasteiger partial charge is 0.255 e. The van der Waals surface area contributed by atoms with Gasteiger partial charge in [0, 0.05) is 24.1 Å². The lowest BCUT2D eigenvalue weighted by atomic mass is 10.0. The molecular formula is C26H24FNO4. The number of nitrogens with one attached hydrogen (secondary N) is 1. The maximum absolute atomic E-state index is 13.4. The van der Waals surface area contributed by atoms with Crippen LogP contribution in [0.25, 0.3) is 22.3 Å². The number of furan rings is 1. The number of carbonyl (C=O) groups is 1. The molecule has 0 unspecified atom stereocenters. The van der Waals surface area contributed by atoms with Gasteiger partial charge in [-0.2, -0.15) is 0 Å². The Bertz CT molecular complexity index is 1230. The third-order valence-electron chi connectivity index (χ3n) is 4.91. The molecule has 4 aromatic rings. The fourth-order valence-corrected chi connectivity index (χ4v) is 3.45. The normalized spacial score (nSPS) is 11.0. The largest absolute Gasteiger partial charge is 0.487 e. The summed E-state index contributed by atoms with van der Waals surface area (Å²) in [6.45, 7) is 4.20. The van der Waals surface area contributed by atoms with E-state index >= 15 is 0 Å². The molecular weight excluding hydrogens is 409 g/mol. The molecule has 0 saturated heterocycles. The van der Waals surface area contributed by atoms with Gasteiger partial charge in [-0.3, -0.25) is 4.79 Å². The van der Waals surface area contributed by atoms with Crippen molar-refractivity contribution in [3.8, 4) is 22.8 Å². The molecule has 3 aromatic carbocycles. The van der Waals surface area contributed by atoms with Gasteiger partial charge in [0.25, 0.3) is 5.91 Å². The van der Waals surface area contributed by atoms with E-state index in [2.05, 4.69) is 5.32 Å². The highest BCUT2D eigenvalue weighted by molar-refractivity contribution is 6.11. The molecule has 0 saturated carbocycles. The first-order valence-corrected chi connectivity index (χ1v) is 10.4. The first-order chi connectivity index (χ1) is 15.5. The summed E-state index contributed by atoms with van der Waals surface area (Å²) >= 11 is 0. The lowest BCUT2D eigenvalue weighted by Crippen LogP contribution is -2.18. The second kappa shape index (κ2) is 9.14. The molecule has 1 heterocycles. The van der Waals surface area contributed by atoms with Gasteiger partial charge in [0.15, 0.2) is 11.5 Å². The third kappa shape index (κ3) is 4.44. The van der Waals surface area contributed by atoms with Gasteiger partial charge in [-0.25, -0.2) is 4.39 Å². The van der Waals surface area contributed by atoms with Crippen molar-refractivity contribution < 1.29 is 23.1 Å². The number of benzene rings is 3. The van der Waals surface area contributed by atoms with E-state index in [0.29, 0.717) is 46.0 Å². The summed E-state index contributed by atoms with van der Waals surface area (Å²) in [5.41, 5.74) is 2.44. The predicted octanol–water partition coefficient (Wildman–Crippen LogP) is 5.96. The maximum atomic E-state index is 13.4. The average molecular weight is 433 g/mol. The van der Waals surface area contributed by atoms with E-state index in [9.17, 15) is 9.18 Å². The zero-order valence-electron chi connectivity index (χ0n) is 18.1. The summed E-state index contributed by atoms with van der Waals surface area (Å²) in [7, 11) is 1.55. The standard InChI is InChI=1S/C26H24FNO4/c1-16(2)31-23-13-20-21(14-22(23)30-15-17-7-5-4-6-8-17)32-25(24(20)26(29)28-3)18-9-11-19(27)12-10-18/h4-14,16H,15H2,1-3H3,(H,28,29). The molecule has 0 spiro atoms. The molecule has 0 bridgehead atoms. The summed E-state index contributed by atoms with van der Waals surface area (Å²) < 4.78 is 31.6. The topological polar surface area (TPSA) is 60.7 Å². The minimum Gasteiger partial charge on any atom is -0.487 e. The Morgan fingerprint density at radius 1 is 1.03 bits per heavy atom. The molecule has 5 nitrogen and oxygen atoms in total. The quantitative estimate of drug-likeness (QED) is 0.390. The minimum absolute atomic E-state index is 0.0987. The minimum atomic E-state index is -0.365. The van der Waals surface area contributed by atoms with Crippen molar-refractivity contribution in [2.24, 2.45) is 0 Å². The molecule has 32 heavy (non-hydrogen) atoms. The molecule has 4 rings (SSSR count). The summed E-state index contributed by atoms with van der Waals surface area (Å²) in [5, 5.41) is 3.25. The molecule has 0 aliphatic rings. The Balaban J connectivity index is 1.84. The van der Waals surface area contributed by atoms with E-state index < -0.39 is 0 Å². The van der Waals surface area contributed by atoms with E-state index in [1.807, 2.05) is 44.2 Å². The van der Waals surface area contributed by atoms with E-state index in [0.717, 1.165) is 5.56 Å². The average Bonchev–Trinajstić information content (AvgIpc) is 3.16. The molecule has 0 radical (unpaired) electrons. The van der Waals surface area contributed by atoms with Crippen molar-refractivity contribution in [3.63, 3.8) is 0 Å². The molecule has 0 atom stereocenters. The zero-order chi connectivity index (χ0) is 22.7. The fourth-order valence-electron chi connectivity index (χ4n) is 3.45. The van der Waals surface area contributed by atoms with Gasteiger partial charge in [-0.05, 0) is 49.7 Å². The summed E-state index contributed by atoms with van der Waals surface area (Å²) in [6, 6.07) is 19.1. The first kappa shape index (κ1) is 21.4. The highest BCUT2D eigenvalue weighted by Gasteiger charge is 2.24. The van der Waals surface area contributed by atoms with Crippen LogP contribution in [0.3, 0.4) is 0 Å². The van der Waals surface area contributed by atoms with Crippen LogP contribution in [0.1, 0.15) is 29.8 Å². The molecule has 0 aliphatic heterocycles. The van der Waals surface area contributed by atoms with E-state index in [1.54, 1.807) is 31.3 Å². The van der Waals surface area contributed by atoms with Crippen LogP contribution in [0.5, 0.6) is 11.5 Å². The highest BCUT2D eigenvalue weighted by Crippen LogP contribution is 2.40. The van der Waals surface area contributed by atoms with Gasteiger partial charge in [-0.15, -0.1) is 0 Å². The number of ether oxygens (including phenoxy) is 2. The van der Waals surface area contributed by atoms with Crippen LogP contribution in [0, 0.1) is 5.82 Å². The second-order valence-corrected chi connectivity index (χ2v) is 7.63. The van der Waals surface area contributed by atoms with Gasteiger partial charge < -0.3 is 19.2 Å². The van der Waals surface area contributed by atoms with Crippen molar-refractivity contribution in [1.29, 1.82) is 0 Å². The second-order valence-electron chi connectivity index (χ2n) is 7.63. The van der Waals surface area contributed by atoms with E-state index in [4.69, 9.17) is 13.9 Å². The van der Waals surface area contributed by atoms with Gasteiger partial charge in [0.05, 0.1) is 11.7 Å². The van der Waals surface area contributed by atoms with Crippen LogP contribution in [0.2, 0.25) is 0 Å². The Kier molecular flexibility index (Phi) is 6.12. The Morgan fingerprint density at radius 3 is 2.41 bits per heavy atom. The number of fused-ring (bicyclic) bond motifs is 1. The summed E-state index contributed by atoms with van der Waals surface area (Å²) in [6.07, 6.45) is -0.0987. The van der Waals surface area contributed by atoms with Gasteiger partial charge in [0.2, 0.25) is 0 Å². The number of halogens is 1. The van der Waals surface area contributed by atoms with Crippen LogP contribution < -0.4 is 14.8 Å². The number of amides is 1. The molecule has 6 heteroatoms. The maximum Gasteiger partial charge on any atom is 0.255 e. The molecule has 164 valence electrons. The fraction of sp³-hybridized carbons (Fsp3) is 0.192. The molecule has 1 aromatic heterocycles. The van der Waals surface area contributed by atoms with Gasteiger partial charge in [-0.1, -0.05) is 30.3 Å². The van der Waals surface area contributed by atoms with Crippen molar-refractivity contribution in [2.75, 3.05) is 7.05 Å². The Hall–Kier alpha value is -3.80. The van der Waals surface area contributed by atoms with Crippen LogP contribution in [0.15, 0.2) is 71.1 Å². The van der Waals surface area contributed by atoms with E-state index in [-0.39, 0.29) is 17.8 Å². The Labute approximate surface area is 185 Å². The lowest BCUT2D eigenvalue weighted by molar-refractivity contribution is 0.0964. The third-order valence-corrected chi connectivity index (χ3v) is 4.91. The SMILES string of the molecule is CNC(=O)c1c(-c2ccc(F)cc2)oc2cc(OCc3ccccc3)c(OC(C)C)cc12. The van der Waals surface area contributed by atoms with Crippen molar-refractivity contribution in [3.05, 3.63) is 83.7 Å². The summed E-state index contributed by atoms with van der Waals surface area (Å²) in [4.78, 5) is 12.8. The van der Waals surface area contributed by atoms with Crippen molar-refractivity contribution >= 4 is 16.9 Å². The number of rotatable bonds is 7. The van der Waals surface area contributed by atoms with Crippen LogP contribution in [-0.2, 0) is 6.61 Å². The van der Waals surface area contributed by atoms with Crippen molar-refractivity contribution in [2.45, 2.75) is 26.6 Å². The Morgan fingerprint density at radius 2 is 1.75 bits per heavy atom. The monoisotopic (exact) mass is 433 g/mol. The van der Waals surface area contributed by atoms with Crippen molar-refractivity contribution in [1.82, 2.24) is 5.32 Å². The van der Waals surface area contributed by atoms with E-state index in [1.165, 1.54) is 12.1 Å². The predicted molar refractivity (Wildman–Crippen MR) is 122 cm³/mol. The van der Waals surface area contributed by atoms with Gasteiger partial charge in [0.1, 0.15) is 23.8 Å². The first-order valence-electron chi connectivity index (χ1n) is 10.4. The van der Waals surface area contributed by atoms with Crippen LogP contribution in [-0.4, -0.2) is 19.1 Å². The van der Waals surface area contributed by atoms with Crippen LogP contribution in [0.4, 0.5) is 4.39 Å². The van der Waals surface area contributed by atoms with Crippen LogP contribution >= 0.6 is 0 Å². The van der Waals surface area contributed by atoms with Gasteiger partial charge >= 0.3 is 0 Å². The molecule has 0 aliphatic carbocycles. The molecule has 0 fully saturated rings. The summed E-state index contributed by atoms with van der Waals surface area (Å²) in [5.74, 6) is 0.708. The molecule has 1 N–H and O–H groups in total. The number of hydrogen-bond acceptors (Lipinski definition) is 4. The lowest BCUT2D eigenvalue weighted by Gasteiger charge is -2.15. The highest BCUT2D eigenvalue weighted by atomic mass is 19.1. The number of hydrogen-bond donors (Lipinski definition) is 1. The molecule has 1 amide bonds.